The first kappa shape index (κ1) is 15.2. The molecule has 0 radical (unpaired) electrons. The van der Waals surface area contributed by atoms with E-state index in [-0.39, 0.29) is 12.4 Å². The van der Waals surface area contributed by atoms with Gasteiger partial charge in [0.25, 0.3) is 0 Å². The van der Waals surface area contributed by atoms with Crippen molar-refractivity contribution in [3.05, 3.63) is 12.5 Å². The summed E-state index contributed by atoms with van der Waals surface area (Å²) in [6.45, 7) is 2.21. The molecule has 12 heavy (non-hydrogen) atoms. The molecule has 0 amide bonds. The van der Waals surface area contributed by atoms with Crippen LogP contribution in [0.15, 0.2) is 16.9 Å². The Balaban J connectivity index is 0. The second-order valence-electron chi connectivity index (χ2n) is 2.28. The van der Waals surface area contributed by atoms with Crippen LogP contribution in [0.25, 0.3) is 0 Å². The van der Waals surface area contributed by atoms with Gasteiger partial charge in [0.1, 0.15) is 0 Å². The summed E-state index contributed by atoms with van der Waals surface area (Å²) in [6.07, 6.45) is 5.97. The summed E-state index contributed by atoms with van der Waals surface area (Å²) in [7, 11) is 0. The number of hydrogen-bond acceptors (Lipinski definition) is 2. The van der Waals surface area contributed by atoms with Crippen LogP contribution in [-0.4, -0.2) is 22.7 Å². The number of unbranched alkanes of at least 4 members (excludes halogenated alkanes) is 1. The zero-order valence-electron chi connectivity index (χ0n) is 7.72. The molecule has 0 saturated carbocycles. The van der Waals surface area contributed by atoms with Crippen molar-refractivity contribution in [2.75, 3.05) is 0 Å². The molecule has 1 aromatic heterocycles. The predicted octanol–water partition coefficient (Wildman–Crippen LogP) is -1.78. The van der Waals surface area contributed by atoms with Gasteiger partial charge in [-0.2, -0.15) is 0 Å². The van der Waals surface area contributed by atoms with Crippen molar-refractivity contribution in [3.63, 3.8) is 0 Å². The Morgan fingerprint density at radius 3 is 2.42 bits per heavy atom. The SMILES string of the molecule is [Cl-].[Li][CH2]CCC.[Zn+][c]1ncco1. The molecule has 0 spiro atoms. The van der Waals surface area contributed by atoms with E-state index in [0.717, 1.165) is 22.8 Å². The first-order valence-electron chi connectivity index (χ1n) is 4.02. The van der Waals surface area contributed by atoms with Crippen LogP contribution in [0.3, 0.4) is 0 Å². The van der Waals surface area contributed by atoms with Crippen LogP contribution in [0.2, 0.25) is 5.09 Å². The number of halogens is 1. The molecule has 60 valence electrons. The molecule has 1 aromatic rings. The normalized spacial score (nSPS) is 8.08. The summed E-state index contributed by atoms with van der Waals surface area (Å²) in [6, 6.07) is 0. The van der Waals surface area contributed by atoms with E-state index in [0.29, 0.717) is 0 Å². The molecule has 1 rings (SSSR count). The van der Waals surface area contributed by atoms with Crippen LogP contribution in [0.5, 0.6) is 0 Å². The van der Waals surface area contributed by atoms with Gasteiger partial charge in [-0.05, 0) is 0 Å². The van der Waals surface area contributed by atoms with Crippen LogP contribution in [0.4, 0.5) is 0 Å². The Labute approximate surface area is 99.2 Å². The Kier molecular flexibility index (Phi) is 14.9. The van der Waals surface area contributed by atoms with E-state index in [1.807, 2.05) is 0 Å². The van der Waals surface area contributed by atoms with E-state index in [9.17, 15) is 0 Å². The molecule has 0 bridgehead atoms. The fraction of sp³-hybridized carbons (Fsp3) is 0.571. The molecule has 0 aliphatic rings. The van der Waals surface area contributed by atoms with Gasteiger partial charge in [-0.3, -0.25) is 0 Å². The number of rotatable bonds is 2. The third kappa shape index (κ3) is 10.7. The number of aromatic nitrogens is 1. The number of hydrogen-bond donors (Lipinski definition) is 0. The summed E-state index contributed by atoms with van der Waals surface area (Å²) < 4.78 is 5.62. The average Bonchev–Trinajstić information content (AvgIpc) is 2.43. The summed E-state index contributed by atoms with van der Waals surface area (Å²) in [5.74, 6) is 0. The third-order valence-corrected chi connectivity index (χ3v) is 1.92. The molecule has 0 aliphatic heterocycles. The fourth-order valence-corrected chi connectivity index (χ4v) is 1.03. The van der Waals surface area contributed by atoms with Gasteiger partial charge in [-0.15, -0.1) is 0 Å². The van der Waals surface area contributed by atoms with E-state index in [2.05, 4.69) is 29.6 Å². The molecular formula is C7H11ClLiNOZn. The summed E-state index contributed by atoms with van der Waals surface area (Å²) in [5, 5.41) is 1.34. The van der Waals surface area contributed by atoms with Gasteiger partial charge in [0, 0.05) is 0 Å². The van der Waals surface area contributed by atoms with E-state index >= 15 is 0 Å². The van der Waals surface area contributed by atoms with Crippen LogP contribution in [0.1, 0.15) is 19.8 Å². The fourth-order valence-electron chi connectivity index (χ4n) is 0.607. The van der Waals surface area contributed by atoms with Crippen molar-refractivity contribution in [1.82, 2.24) is 4.98 Å². The standard InChI is InChI=1S/C4H9.C3H2NO.ClH.Li.Zn/c1-3-4-2;1-2-5-3-4-1;;;/h1,3-4H2,2H3;1-2H;1H;;/q;;;;+1/p-1. The Morgan fingerprint density at radius 2 is 2.33 bits per heavy atom. The van der Waals surface area contributed by atoms with Gasteiger partial charge in [0.15, 0.2) is 0 Å². The second-order valence-corrected chi connectivity index (χ2v) is 3.55. The zero-order valence-corrected chi connectivity index (χ0v) is 11.4. The van der Waals surface area contributed by atoms with Crippen molar-refractivity contribution >= 4 is 22.2 Å². The topological polar surface area (TPSA) is 26.0 Å². The summed E-state index contributed by atoms with van der Waals surface area (Å²) >= 11 is 3.22. The molecule has 0 saturated heterocycles. The van der Waals surface area contributed by atoms with Crippen molar-refractivity contribution in [2.24, 2.45) is 0 Å². The summed E-state index contributed by atoms with van der Waals surface area (Å²) in [5.41, 5.74) is 0. The Bertz CT molecular complexity index is 158. The van der Waals surface area contributed by atoms with Gasteiger partial charge in [-0.1, -0.05) is 0 Å². The van der Waals surface area contributed by atoms with Crippen molar-refractivity contribution < 1.29 is 35.1 Å². The molecule has 2 nitrogen and oxygen atoms in total. The van der Waals surface area contributed by atoms with Gasteiger partial charge >= 0.3 is 87.2 Å². The average molecular weight is 233 g/mol. The van der Waals surface area contributed by atoms with E-state index in [4.69, 9.17) is 4.42 Å². The maximum atomic E-state index is 4.78. The zero-order chi connectivity index (χ0) is 8.53. The molecule has 0 unspecified atom stereocenters. The van der Waals surface area contributed by atoms with Crippen LogP contribution in [-0.2, 0) is 18.3 Å². The van der Waals surface area contributed by atoms with Crippen LogP contribution < -0.4 is 16.9 Å². The van der Waals surface area contributed by atoms with Crippen LogP contribution in [0, 0.1) is 0 Å². The van der Waals surface area contributed by atoms with Gasteiger partial charge in [-0.25, -0.2) is 0 Å². The second kappa shape index (κ2) is 11.7. The Hall–Kier alpha value is 0.721. The maximum absolute atomic E-state index is 4.78. The van der Waals surface area contributed by atoms with E-state index in [1.54, 1.807) is 12.5 Å². The van der Waals surface area contributed by atoms with Crippen molar-refractivity contribution in [1.29, 1.82) is 0 Å². The first-order chi connectivity index (χ1) is 5.31. The van der Waals surface area contributed by atoms with Crippen molar-refractivity contribution in [2.45, 2.75) is 24.9 Å². The molecule has 1 heterocycles. The van der Waals surface area contributed by atoms with Crippen LogP contribution >= 0.6 is 0 Å². The van der Waals surface area contributed by atoms with Gasteiger partial charge < -0.3 is 12.4 Å². The number of nitrogens with zero attached hydrogens (tertiary/aromatic N) is 1. The molecule has 0 aliphatic carbocycles. The molecule has 0 N–H and O–H groups in total. The predicted molar refractivity (Wildman–Crippen MR) is 41.6 cm³/mol. The molecule has 0 atom stereocenters. The molecule has 5 heteroatoms. The van der Waals surface area contributed by atoms with Gasteiger partial charge in [0.05, 0.1) is 0 Å². The Morgan fingerprint density at radius 1 is 1.67 bits per heavy atom. The van der Waals surface area contributed by atoms with E-state index in [1.165, 1.54) is 17.9 Å². The quantitative estimate of drug-likeness (QED) is 0.564. The number of oxazole rings is 1. The molecule has 0 aromatic carbocycles. The minimum atomic E-state index is 0. The minimum absolute atomic E-state index is 0. The van der Waals surface area contributed by atoms with E-state index < -0.39 is 0 Å². The monoisotopic (exact) mass is 231 g/mol. The third-order valence-electron chi connectivity index (χ3n) is 1.19. The first-order valence-corrected chi connectivity index (χ1v) is 5.51. The molecular weight excluding hydrogens is 222 g/mol. The molecule has 0 fully saturated rings. The van der Waals surface area contributed by atoms with Gasteiger partial charge in [0.2, 0.25) is 0 Å². The van der Waals surface area contributed by atoms with Crippen molar-refractivity contribution in [3.8, 4) is 0 Å². The summed E-state index contributed by atoms with van der Waals surface area (Å²) in [4.78, 5) is 3.81.